The number of carbonyl (C=O) groups is 2. The summed E-state index contributed by atoms with van der Waals surface area (Å²) >= 11 is 0. The van der Waals surface area contributed by atoms with Gasteiger partial charge in [0.05, 0.1) is 0 Å². The summed E-state index contributed by atoms with van der Waals surface area (Å²) in [7, 11) is 1.46. The SMILES string of the molecule is CN(C(=O)O)[C@H]1CCN(C2CCC(N)CC2)C1=O.Cl. The number of rotatable bonds is 2. The highest BCUT2D eigenvalue weighted by Gasteiger charge is 2.40. The number of halogens is 1. The van der Waals surface area contributed by atoms with Gasteiger partial charge < -0.3 is 15.7 Å². The van der Waals surface area contributed by atoms with Gasteiger partial charge in [0.2, 0.25) is 5.91 Å². The smallest absolute Gasteiger partial charge is 0.407 e. The third-order valence-corrected chi connectivity index (χ3v) is 4.16. The fraction of sp³-hybridized carbons (Fsp3) is 0.833. The number of hydrogen-bond acceptors (Lipinski definition) is 3. The van der Waals surface area contributed by atoms with Crippen molar-refractivity contribution in [1.82, 2.24) is 9.80 Å². The van der Waals surface area contributed by atoms with Crippen LogP contribution in [0.2, 0.25) is 0 Å². The molecule has 1 saturated heterocycles. The average molecular weight is 292 g/mol. The molecule has 0 aromatic heterocycles. The summed E-state index contributed by atoms with van der Waals surface area (Å²) in [6.07, 6.45) is 3.35. The van der Waals surface area contributed by atoms with Crippen molar-refractivity contribution in [1.29, 1.82) is 0 Å². The van der Waals surface area contributed by atoms with Crippen molar-refractivity contribution < 1.29 is 14.7 Å². The topological polar surface area (TPSA) is 86.9 Å². The Hall–Kier alpha value is -1.01. The molecule has 0 unspecified atom stereocenters. The van der Waals surface area contributed by atoms with Gasteiger partial charge in [-0.3, -0.25) is 9.69 Å². The summed E-state index contributed by atoms with van der Waals surface area (Å²) in [5.41, 5.74) is 5.86. The molecule has 110 valence electrons. The first kappa shape index (κ1) is 16.0. The number of nitrogens with zero attached hydrogens (tertiary/aromatic N) is 2. The highest BCUT2D eigenvalue weighted by Crippen LogP contribution is 2.27. The largest absolute Gasteiger partial charge is 0.465 e. The minimum absolute atomic E-state index is 0. The van der Waals surface area contributed by atoms with Crippen LogP contribution in [0.5, 0.6) is 0 Å². The van der Waals surface area contributed by atoms with Crippen molar-refractivity contribution in [3.05, 3.63) is 0 Å². The van der Waals surface area contributed by atoms with E-state index in [1.165, 1.54) is 7.05 Å². The Balaban J connectivity index is 0.00000180. The fourth-order valence-corrected chi connectivity index (χ4v) is 2.95. The first-order valence-electron chi connectivity index (χ1n) is 6.52. The van der Waals surface area contributed by atoms with Gasteiger partial charge in [0.15, 0.2) is 0 Å². The molecule has 2 fully saturated rings. The van der Waals surface area contributed by atoms with Crippen LogP contribution in [0.3, 0.4) is 0 Å². The molecule has 1 heterocycles. The van der Waals surface area contributed by atoms with Gasteiger partial charge in [0.25, 0.3) is 0 Å². The second kappa shape index (κ2) is 6.43. The Morgan fingerprint density at radius 3 is 2.42 bits per heavy atom. The molecule has 3 N–H and O–H groups in total. The Morgan fingerprint density at radius 1 is 1.32 bits per heavy atom. The molecule has 0 aromatic rings. The molecule has 19 heavy (non-hydrogen) atoms. The van der Waals surface area contributed by atoms with E-state index in [4.69, 9.17) is 10.8 Å². The van der Waals surface area contributed by atoms with E-state index in [1.807, 2.05) is 4.90 Å². The van der Waals surface area contributed by atoms with Gasteiger partial charge in [0.1, 0.15) is 6.04 Å². The molecule has 0 radical (unpaired) electrons. The Kier molecular flexibility index (Phi) is 5.43. The number of hydrogen-bond donors (Lipinski definition) is 2. The Bertz CT molecular complexity index is 345. The zero-order valence-electron chi connectivity index (χ0n) is 11.1. The summed E-state index contributed by atoms with van der Waals surface area (Å²) in [4.78, 5) is 26.1. The van der Waals surface area contributed by atoms with Crippen LogP contribution < -0.4 is 5.73 Å². The predicted octanol–water partition coefficient (Wildman–Crippen LogP) is 0.889. The summed E-state index contributed by atoms with van der Waals surface area (Å²) in [5, 5.41) is 8.93. The van der Waals surface area contributed by atoms with Crippen LogP contribution in [-0.4, -0.2) is 58.6 Å². The summed E-state index contributed by atoms with van der Waals surface area (Å²) in [6.45, 7) is 0.668. The van der Waals surface area contributed by atoms with E-state index in [0.717, 1.165) is 30.6 Å². The van der Waals surface area contributed by atoms with Crippen molar-refractivity contribution in [2.45, 2.75) is 50.2 Å². The maximum absolute atomic E-state index is 12.2. The predicted molar refractivity (Wildman–Crippen MR) is 73.4 cm³/mol. The van der Waals surface area contributed by atoms with E-state index < -0.39 is 12.1 Å². The number of carbonyl (C=O) groups excluding carboxylic acids is 1. The third-order valence-electron chi connectivity index (χ3n) is 4.16. The van der Waals surface area contributed by atoms with E-state index in [1.54, 1.807) is 0 Å². The van der Waals surface area contributed by atoms with Gasteiger partial charge in [-0.1, -0.05) is 0 Å². The normalized spacial score (nSPS) is 30.9. The molecule has 2 amide bonds. The number of likely N-dealkylation sites (N-methyl/N-ethyl adjacent to an activating group) is 1. The van der Waals surface area contributed by atoms with Gasteiger partial charge in [0, 0.05) is 25.7 Å². The molecular weight excluding hydrogens is 270 g/mol. The monoisotopic (exact) mass is 291 g/mol. The van der Waals surface area contributed by atoms with E-state index in [9.17, 15) is 9.59 Å². The fourth-order valence-electron chi connectivity index (χ4n) is 2.95. The molecule has 0 bridgehead atoms. The lowest BCUT2D eigenvalue weighted by molar-refractivity contribution is -0.133. The van der Waals surface area contributed by atoms with Crippen molar-refractivity contribution in [2.75, 3.05) is 13.6 Å². The lowest BCUT2D eigenvalue weighted by Crippen LogP contribution is -2.46. The second-order valence-corrected chi connectivity index (χ2v) is 5.30. The van der Waals surface area contributed by atoms with Gasteiger partial charge in [-0.2, -0.15) is 0 Å². The van der Waals surface area contributed by atoms with Gasteiger partial charge in [-0.15, -0.1) is 12.4 Å². The molecule has 1 saturated carbocycles. The van der Waals surface area contributed by atoms with Crippen LogP contribution in [0.15, 0.2) is 0 Å². The Morgan fingerprint density at radius 2 is 1.89 bits per heavy atom. The second-order valence-electron chi connectivity index (χ2n) is 5.30. The highest BCUT2D eigenvalue weighted by molar-refractivity contribution is 5.87. The number of likely N-dealkylation sites (tertiary alicyclic amines) is 1. The molecule has 2 rings (SSSR count). The molecule has 7 heteroatoms. The van der Waals surface area contributed by atoms with Crippen LogP contribution >= 0.6 is 12.4 Å². The van der Waals surface area contributed by atoms with Crippen LogP contribution in [0.4, 0.5) is 4.79 Å². The first-order valence-corrected chi connectivity index (χ1v) is 6.52. The van der Waals surface area contributed by atoms with Crippen LogP contribution in [0.25, 0.3) is 0 Å². The van der Waals surface area contributed by atoms with E-state index in [0.29, 0.717) is 13.0 Å². The molecule has 1 aliphatic heterocycles. The van der Waals surface area contributed by atoms with E-state index in [-0.39, 0.29) is 30.4 Å². The lowest BCUT2D eigenvalue weighted by atomic mass is 9.91. The standard InChI is InChI=1S/C12H21N3O3.ClH/c1-14(12(17)18)10-6-7-15(11(10)16)9-4-2-8(13)3-5-9;/h8-10H,2-7,13H2,1H3,(H,17,18);1H/t8?,9?,10-;/m0./s1. The lowest BCUT2D eigenvalue weighted by Gasteiger charge is -2.33. The zero-order chi connectivity index (χ0) is 13.3. The van der Waals surface area contributed by atoms with Crippen LogP contribution in [0, 0.1) is 0 Å². The Labute approximate surface area is 119 Å². The van der Waals surface area contributed by atoms with Crippen molar-refractivity contribution in [3.63, 3.8) is 0 Å². The molecule has 2 aliphatic rings. The quantitative estimate of drug-likeness (QED) is 0.791. The minimum atomic E-state index is -1.04. The minimum Gasteiger partial charge on any atom is -0.465 e. The average Bonchev–Trinajstić information content (AvgIpc) is 2.71. The molecule has 0 spiro atoms. The summed E-state index contributed by atoms with van der Waals surface area (Å²) in [5.74, 6) is -0.0413. The molecular formula is C12H22ClN3O3. The van der Waals surface area contributed by atoms with Crippen molar-refractivity contribution in [3.8, 4) is 0 Å². The maximum atomic E-state index is 12.2. The van der Waals surface area contributed by atoms with E-state index in [2.05, 4.69) is 0 Å². The number of nitrogens with two attached hydrogens (primary N) is 1. The first-order chi connectivity index (χ1) is 8.50. The van der Waals surface area contributed by atoms with Gasteiger partial charge in [-0.25, -0.2) is 4.79 Å². The third kappa shape index (κ3) is 3.30. The number of amides is 2. The van der Waals surface area contributed by atoms with Gasteiger partial charge >= 0.3 is 6.09 Å². The molecule has 1 atom stereocenters. The van der Waals surface area contributed by atoms with Gasteiger partial charge in [-0.05, 0) is 32.1 Å². The van der Waals surface area contributed by atoms with Crippen LogP contribution in [0.1, 0.15) is 32.1 Å². The molecule has 1 aliphatic carbocycles. The molecule has 6 nitrogen and oxygen atoms in total. The summed E-state index contributed by atoms with van der Waals surface area (Å²) in [6, 6.07) is 0.0130. The van der Waals surface area contributed by atoms with Crippen molar-refractivity contribution in [2.24, 2.45) is 5.73 Å². The number of carboxylic acid groups (broad SMARTS) is 1. The van der Waals surface area contributed by atoms with Crippen molar-refractivity contribution >= 4 is 24.4 Å². The summed E-state index contributed by atoms with van der Waals surface area (Å²) < 4.78 is 0. The van der Waals surface area contributed by atoms with E-state index >= 15 is 0 Å². The molecule has 0 aromatic carbocycles. The van der Waals surface area contributed by atoms with Crippen LogP contribution in [-0.2, 0) is 4.79 Å². The zero-order valence-corrected chi connectivity index (χ0v) is 11.9. The highest BCUT2D eigenvalue weighted by atomic mass is 35.5. The maximum Gasteiger partial charge on any atom is 0.407 e.